The maximum atomic E-state index is 12.3. The van der Waals surface area contributed by atoms with Gasteiger partial charge < -0.3 is 15.2 Å². The number of carbonyl (C=O) groups is 2. The van der Waals surface area contributed by atoms with Gasteiger partial charge in [0.15, 0.2) is 0 Å². The zero-order chi connectivity index (χ0) is 20.4. The maximum Gasteiger partial charge on any atom is 0.407 e. The van der Waals surface area contributed by atoms with E-state index in [1.54, 1.807) is 11.4 Å². The standard InChI is InChI=1S/C22H18ClNO4S/c23-13-9-14(29-12-13)10-20(21(25)26)24-22(27)28-11-19-17-7-3-1-5-15(17)16-6-2-4-8-18(16)19/h1-9,12,19-20H,10-11H2,(H,24,27)(H,25,26). The number of benzene rings is 2. The Bertz CT molecular complexity index is 1020. The quantitative estimate of drug-likeness (QED) is 0.584. The summed E-state index contributed by atoms with van der Waals surface area (Å²) in [4.78, 5) is 24.6. The van der Waals surface area contributed by atoms with E-state index < -0.39 is 18.1 Å². The number of aliphatic carboxylic acids is 1. The summed E-state index contributed by atoms with van der Waals surface area (Å²) in [6.07, 6.45) is -0.599. The van der Waals surface area contributed by atoms with E-state index in [9.17, 15) is 14.7 Å². The summed E-state index contributed by atoms with van der Waals surface area (Å²) in [5, 5.41) is 14.2. The number of nitrogens with one attached hydrogen (secondary N) is 1. The van der Waals surface area contributed by atoms with Gasteiger partial charge in [0.05, 0.1) is 5.02 Å². The molecule has 1 unspecified atom stereocenters. The van der Waals surface area contributed by atoms with Crippen LogP contribution >= 0.6 is 22.9 Å². The number of rotatable bonds is 6. The summed E-state index contributed by atoms with van der Waals surface area (Å²) in [6.45, 7) is 0.136. The van der Waals surface area contributed by atoms with Crippen molar-refractivity contribution >= 4 is 35.0 Å². The largest absolute Gasteiger partial charge is 0.480 e. The summed E-state index contributed by atoms with van der Waals surface area (Å²) in [5.74, 6) is -1.20. The number of carboxylic acids is 1. The minimum absolute atomic E-state index is 0.0764. The molecule has 1 atom stereocenters. The van der Waals surface area contributed by atoms with Gasteiger partial charge in [0.2, 0.25) is 0 Å². The van der Waals surface area contributed by atoms with Gasteiger partial charge in [-0.1, -0.05) is 60.1 Å². The lowest BCUT2D eigenvalue weighted by atomic mass is 9.98. The van der Waals surface area contributed by atoms with Crippen LogP contribution in [0.25, 0.3) is 11.1 Å². The fourth-order valence-electron chi connectivity index (χ4n) is 3.64. The van der Waals surface area contributed by atoms with Crippen molar-refractivity contribution < 1.29 is 19.4 Å². The highest BCUT2D eigenvalue weighted by atomic mass is 35.5. The van der Waals surface area contributed by atoms with Crippen LogP contribution < -0.4 is 5.32 Å². The van der Waals surface area contributed by atoms with E-state index >= 15 is 0 Å². The summed E-state index contributed by atoms with van der Waals surface area (Å²) >= 11 is 7.24. The number of carboxylic acid groups (broad SMARTS) is 1. The fourth-order valence-corrected chi connectivity index (χ4v) is 4.76. The van der Waals surface area contributed by atoms with Crippen LogP contribution in [0.5, 0.6) is 0 Å². The summed E-state index contributed by atoms with van der Waals surface area (Å²) in [5.41, 5.74) is 4.47. The second-order valence-electron chi connectivity index (χ2n) is 6.80. The van der Waals surface area contributed by atoms with Crippen molar-refractivity contribution in [1.82, 2.24) is 5.32 Å². The highest BCUT2D eigenvalue weighted by molar-refractivity contribution is 7.10. The number of fused-ring (bicyclic) bond motifs is 3. The number of thiophene rings is 1. The second-order valence-corrected chi connectivity index (χ2v) is 8.23. The van der Waals surface area contributed by atoms with E-state index in [0.717, 1.165) is 27.1 Å². The van der Waals surface area contributed by atoms with Gasteiger partial charge in [0, 0.05) is 22.6 Å². The van der Waals surface area contributed by atoms with Crippen LogP contribution in [0.4, 0.5) is 4.79 Å². The molecule has 0 saturated heterocycles. The van der Waals surface area contributed by atoms with Crippen molar-refractivity contribution in [1.29, 1.82) is 0 Å². The van der Waals surface area contributed by atoms with E-state index in [0.29, 0.717) is 5.02 Å². The minimum Gasteiger partial charge on any atom is -0.480 e. The molecule has 7 heteroatoms. The second kappa shape index (κ2) is 8.27. The van der Waals surface area contributed by atoms with Crippen molar-refractivity contribution in [2.45, 2.75) is 18.4 Å². The average Bonchev–Trinajstić information content (AvgIpc) is 3.27. The first-order valence-electron chi connectivity index (χ1n) is 9.10. The van der Waals surface area contributed by atoms with E-state index in [2.05, 4.69) is 17.4 Å². The van der Waals surface area contributed by atoms with E-state index in [-0.39, 0.29) is 18.9 Å². The zero-order valence-electron chi connectivity index (χ0n) is 15.3. The van der Waals surface area contributed by atoms with E-state index in [4.69, 9.17) is 16.3 Å². The van der Waals surface area contributed by atoms with Crippen molar-refractivity contribution in [3.05, 3.63) is 81.0 Å². The van der Waals surface area contributed by atoms with Crippen LogP contribution in [0, 0.1) is 0 Å². The van der Waals surface area contributed by atoms with E-state index in [1.165, 1.54) is 11.3 Å². The predicted octanol–water partition coefficient (Wildman–Crippen LogP) is 4.94. The Morgan fingerprint density at radius 3 is 2.28 bits per heavy atom. The van der Waals surface area contributed by atoms with Gasteiger partial charge in [-0.3, -0.25) is 0 Å². The highest BCUT2D eigenvalue weighted by Crippen LogP contribution is 2.44. The third kappa shape index (κ3) is 4.13. The molecule has 0 aliphatic heterocycles. The van der Waals surface area contributed by atoms with Crippen LogP contribution in [0.2, 0.25) is 5.02 Å². The lowest BCUT2D eigenvalue weighted by Crippen LogP contribution is -2.42. The Morgan fingerprint density at radius 2 is 1.72 bits per heavy atom. The summed E-state index contributed by atoms with van der Waals surface area (Å²) in [7, 11) is 0. The Labute approximate surface area is 176 Å². The summed E-state index contributed by atoms with van der Waals surface area (Å²) < 4.78 is 5.43. The van der Waals surface area contributed by atoms with Crippen molar-refractivity contribution in [2.24, 2.45) is 0 Å². The molecular weight excluding hydrogens is 410 g/mol. The number of hydrogen-bond donors (Lipinski definition) is 2. The maximum absolute atomic E-state index is 12.3. The van der Waals surface area contributed by atoms with Gasteiger partial charge in [-0.25, -0.2) is 9.59 Å². The van der Waals surface area contributed by atoms with Crippen LogP contribution in [0.3, 0.4) is 0 Å². The first-order chi connectivity index (χ1) is 14.0. The number of carbonyl (C=O) groups excluding carboxylic acids is 1. The average molecular weight is 428 g/mol. The lowest BCUT2D eigenvalue weighted by Gasteiger charge is -2.17. The Balaban J connectivity index is 1.43. The predicted molar refractivity (Wildman–Crippen MR) is 113 cm³/mol. The fraction of sp³-hybridized carbons (Fsp3) is 0.182. The molecule has 1 aliphatic rings. The molecule has 3 aromatic rings. The van der Waals surface area contributed by atoms with Crippen LogP contribution in [-0.4, -0.2) is 29.8 Å². The Morgan fingerprint density at radius 1 is 1.10 bits per heavy atom. The molecule has 2 N–H and O–H groups in total. The number of hydrogen-bond acceptors (Lipinski definition) is 4. The topological polar surface area (TPSA) is 75.6 Å². The smallest absolute Gasteiger partial charge is 0.407 e. The third-order valence-electron chi connectivity index (χ3n) is 4.96. The molecule has 29 heavy (non-hydrogen) atoms. The molecule has 1 aromatic heterocycles. The number of ether oxygens (including phenoxy) is 1. The SMILES string of the molecule is O=C(NC(Cc1cc(Cl)cs1)C(=O)O)OCC1c2ccccc2-c2ccccc21. The normalized spacial score (nSPS) is 13.4. The lowest BCUT2D eigenvalue weighted by molar-refractivity contribution is -0.139. The van der Waals surface area contributed by atoms with Crippen molar-refractivity contribution in [3.8, 4) is 11.1 Å². The molecule has 0 spiro atoms. The van der Waals surface area contributed by atoms with Gasteiger partial charge in [-0.2, -0.15) is 0 Å². The molecule has 4 rings (SSSR count). The third-order valence-corrected chi connectivity index (χ3v) is 6.27. The number of amides is 1. The molecule has 1 amide bonds. The monoisotopic (exact) mass is 427 g/mol. The Kier molecular flexibility index (Phi) is 5.56. The molecule has 5 nitrogen and oxygen atoms in total. The highest BCUT2D eigenvalue weighted by Gasteiger charge is 2.29. The molecule has 1 heterocycles. The molecule has 2 aromatic carbocycles. The van der Waals surface area contributed by atoms with Gasteiger partial charge >= 0.3 is 12.1 Å². The zero-order valence-corrected chi connectivity index (χ0v) is 16.9. The first-order valence-corrected chi connectivity index (χ1v) is 10.4. The van der Waals surface area contributed by atoms with Gasteiger partial charge in [0.1, 0.15) is 12.6 Å². The van der Waals surface area contributed by atoms with Gasteiger partial charge in [0.25, 0.3) is 0 Å². The molecule has 0 radical (unpaired) electrons. The molecule has 0 fully saturated rings. The van der Waals surface area contributed by atoms with E-state index in [1.807, 2.05) is 36.4 Å². The van der Waals surface area contributed by atoms with Gasteiger partial charge in [-0.05, 0) is 28.3 Å². The van der Waals surface area contributed by atoms with Gasteiger partial charge in [-0.15, -0.1) is 11.3 Å². The molecule has 0 bridgehead atoms. The number of alkyl carbamates (subject to hydrolysis) is 1. The molecule has 1 aliphatic carbocycles. The van der Waals surface area contributed by atoms with Crippen LogP contribution in [0.1, 0.15) is 21.9 Å². The molecule has 148 valence electrons. The minimum atomic E-state index is -1.12. The number of halogens is 1. The van der Waals surface area contributed by atoms with Crippen molar-refractivity contribution in [3.63, 3.8) is 0 Å². The van der Waals surface area contributed by atoms with Crippen molar-refractivity contribution in [2.75, 3.05) is 6.61 Å². The van der Waals surface area contributed by atoms with Crippen LogP contribution in [0.15, 0.2) is 60.0 Å². The molecular formula is C22H18ClNO4S. The first kappa shape index (κ1) is 19.5. The summed E-state index contributed by atoms with van der Waals surface area (Å²) in [6, 6.07) is 16.7. The van der Waals surface area contributed by atoms with Crippen LogP contribution in [-0.2, 0) is 16.0 Å². The molecule has 0 saturated carbocycles. The Hall–Kier alpha value is -2.83.